The molecule has 13 heavy (non-hydrogen) atoms. The molecule has 4 heteroatoms. The normalized spacial score (nSPS) is 18.6. The third kappa shape index (κ3) is 1.16. The van der Waals surface area contributed by atoms with Gasteiger partial charge >= 0.3 is 5.97 Å². The van der Waals surface area contributed by atoms with Gasteiger partial charge in [0.15, 0.2) is 0 Å². The summed E-state index contributed by atoms with van der Waals surface area (Å²) in [4.78, 5) is 16.4. The molecule has 2 rings (SSSR count). The summed E-state index contributed by atoms with van der Waals surface area (Å²) in [6.45, 7) is 3.86. The molecule has 70 valence electrons. The van der Waals surface area contributed by atoms with Gasteiger partial charge in [-0.2, -0.15) is 0 Å². The van der Waals surface area contributed by atoms with Crippen LogP contribution in [0, 0.1) is 13.8 Å². The van der Waals surface area contributed by atoms with E-state index >= 15 is 0 Å². The van der Waals surface area contributed by atoms with Crippen LogP contribution in [0.1, 0.15) is 28.4 Å². The molecule has 1 fully saturated rings. The Hall–Kier alpha value is -0.900. The van der Waals surface area contributed by atoms with E-state index in [-0.39, 0.29) is 0 Å². The van der Waals surface area contributed by atoms with Crippen LogP contribution >= 0.6 is 11.3 Å². The molecular formula is C9H11NO2S. The van der Waals surface area contributed by atoms with Crippen molar-refractivity contribution in [1.82, 2.24) is 4.98 Å². The van der Waals surface area contributed by atoms with Crippen molar-refractivity contribution in [3.8, 4) is 0 Å². The lowest BCUT2D eigenvalue weighted by Crippen LogP contribution is -2.20. The van der Waals surface area contributed by atoms with Crippen molar-refractivity contribution < 1.29 is 9.90 Å². The fourth-order valence-electron chi connectivity index (χ4n) is 1.65. The second kappa shape index (κ2) is 2.54. The highest BCUT2D eigenvalue weighted by Gasteiger charge is 2.54. The van der Waals surface area contributed by atoms with Gasteiger partial charge in [0.25, 0.3) is 0 Å². The van der Waals surface area contributed by atoms with E-state index in [0.29, 0.717) is 0 Å². The zero-order valence-corrected chi connectivity index (χ0v) is 8.44. The first-order valence-electron chi connectivity index (χ1n) is 4.24. The Kier molecular flexibility index (Phi) is 1.70. The summed E-state index contributed by atoms with van der Waals surface area (Å²) in [6.07, 6.45) is 1.48. The quantitative estimate of drug-likeness (QED) is 0.787. The fraction of sp³-hybridized carbons (Fsp3) is 0.556. The molecule has 0 atom stereocenters. The highest BCUT2D eigenvalue weighted by Crippen LogP contribution is 2.49. The molecule has 1 heterocycles. The van der Waals surface area contributed by atoms with E-state index in [9.17, 15) is 4.79 Å². The van der Waals surface area contributed by atoms with Crippen molar-refractivity contribution >= 4 is 17.3 Å². The third-order valence-electron chi connectivity index (χ3n) is 2.52. The number of aryl methyl sites for hydroxylation is 2. The minimum atomic E-state index is -0.721. The molecule has 1 N–H and O–H groups in total. The molecule has 0 spiro atoms. The van der Waals surface area contributed by atoms with Crippen LogP contribution in [0.25, 0.3) is 0 Å². The van der Waals surface area contributed by atoms with Crippen LogP contribution in [-0.4, -0.2) is 16.1 Å². The van der Waals surface area contributed by atoms with Gasteiger partial charge in [0.05, 0.1) is 10.7 Å². The van der Waals surface area contributed by atoms with Gasteiger partial charge in [-0.1, -0.05) is 0 Å². The van der Waals surface area contributed by atoms with Gasteiger partial charge in [-0.3, -0.25) is 4.79 Å². The summed E-state index contributed by atoms with van der Waals surface area (Å²) in [5, 5.41) is 10.0. The second-order valence-corrected chi connectivity index (χ2v) is 4.93. The Morgan fingerprint density at radius 1 is 1.54 bits per heavy atom. The Bertz CT molecular complexity index is 366. The van der Waals surface area contributed by atoms with E-state index < -0.39 is 11.4 Å². The van der Waals surface area contributed by atoms with E-state index in [1.54, 1.807) is 11.3 Å². The van der Waals surface area contributed by atoms with Crippen LogP contribution in [0.3, 0.4) is 0 Å². The predicted octanol–water partition coefficient (Wildman–Crippen LogP) is 1.88. The number of thiazole rings is 1. The molecule has 0 amide bonds. The number of nitrogens with zero attached hydrogens (tertiary/aromatic N) is 1. The first-order chi connectivity index (χ1) is 6.06. The summed E-state index contributed by atoms with van der Waals surface area (Å²) in [5.41, 5.74) is 0.164. The molecule has 0 bridgehead atoms. The predicted molar refractivity (Wildman–Crippen MR) is 50.1 cm³/mol. The number of rotatable bonds is 2. The summed E-state index contributed by atoms with van der Waals surface area (Å²) in [6, 6.07) is 0. The molecule has 3 nitrogen and oxygen atoms in total. The zero-order chi connectivity index (χ0) is 9.64. The van der Waals surface area contributed by atoms with Crippen LogP contribution in [0.2, 0.25) is 0 Å². The maximum absolute atomic E-state index is 11.0. The first kappa shape index (κ1) is 8.69. The van der Waals surface area contributed by atoms with Gasteiger partial charge in [-0.15, -0.1) is 11.3 Å². The van der Waals surface area contributed by atoms with Crippen LogP contribution in [-0.2, 0) is 10.2 Å². The standard InChI is InChI=1S/C9H11NO2S/c1-5-7(10-6(2)13-5)9(3-4-9)8(11)12/h3-4H2,1-2H3,(H,11,12). The molecule has 0 radical (unpaired) electrons. The number of carboxylic acid groups (broad SMARTS) is 1. The molecular weight excluding hydrogens is 186 g/mol. The zero-order valence-electron chi connectivity index (χ0n) is 7.63. The Morgan fingerprint density at radius 2 is 2.15 bits per heavy atom. The van der Waals surface area contributed by atoms with Crippen molar-refractivity contribution in [2.24, 2.45) is 0 Å². The summed E-state index contributed by atoms with van der Waals surface area (Å²) in [7, 11) is 0. The molecule has 1 saturated carbocycles. The van der Waals surface area contributed by atoms with Gasteiger partial charge in [0.2, 0.25) is 0 Å². The van der Waals surface area contributed by atoms with Gasteiger partial charge in [-0.05, 0) is 26.7 Å². The molecule has 0 aromatic carbocycles. The molecule has 1 aliphatic rings. The SMILES string of the molecule is Cc1nc(C2(C(=O)O)CC2)c(C)s1. The van der Waals surface area contributed by atoms with Gasteiger partial charge in [0.1, 0.15) is 5.41 Å². The van der Waals surface area contributed by atoms with Crippen LogP contribution in [0.4, 0.5) is 0 Å². The Morgan fingerprint density at radius 3 is 2.46 bits per heavy atom. The number of aromatic nitrogens is 1. The van der Waals surface area contributed by atoms with Crippen LogP contribution < -0.4 is 0 Å². The molecule has 1 aromatic rings. The largest absolute Gasteiger partial charge is 0.481 e. The summed E-state index contributed by atoms with van der Waals surface area (Å²) in [5.74, 6) is -0.721. The lowest BCUT2D eigenvalue weighted by atomic mass is 10.0. The van der Waals surface area contributed by atoms with E-state index in [0.717, 1.165) is 28.4 Å². The first-order valence-corrected chi connectivity index (χ1v) is 5.06. The van der Waals surface area contributed by atoms with E-state index in [1.165, 1.54) is 0 Å². The number of aliphatic carboxylic acids is 1. The van der Waals surface area contributed by atoms with Gasteiger partial charge < -0.3 is 5.11 Å². The lowest BCUT2D eigenvalue weighted by Gasteiger charge is -2.06. The van der Waals surface area contributed by atoms with Gasteiger partial charge in [0, 0.05) is 4.88 Å². The van der Waals surface area contributed by atoms with Crippen LogP contribution in [0.15, 0.2) is 0 Å². The minimum Gasteiger partial charge on any atom is -0.481 e. The highest BCUT2D eigenvalue weighted by atomic mass is 32.1. The molecule has 0 unspecified atom stereocenters. The van der Waals surface area contributed by atoms with Crippen molar-refractivity contribution in [2.75, 3.05) is 0 Å². The third-order valence-corrected chi connectivity index (χ3v) is 3.40. The summed E-state index contributed by atoms with van der Waals surface area (Å²) >= 11 is 1.58. The number of hydrogen-bond acceptors (Lipinski definition) is 3. The van der Waals surface area contributed by atoms with E-state index in [4.69, 9.17) is 5.11 Å². The van der Waals surface area contributed by atoms with E-state index in [1.807, 2.05) is 13.8 Å². The Balaban J connectivity index is 2.46. The number of carbonyl (C=O) groups is 1. The fourth-order valence-corrected chi connectivity index (χ4v) is 2.57. The molecule has 0 saturated heterocycles. The summed E-state index contributed by atoms with van der Waals surface area (Å²) < 4.78 is 0. The van der Waals surface area contributed by atoms with Crippen LogP contribution in [0.5, 0.6) is 0 Å². The average Bonchev–Trinajstić information content (AvgIpc) is 2.75. The average molecular weight is 197 g/mol. The Labute approximate surface area is 80.4 Å². The monoisotopic (exact) mass is 197 g/mol. The lowest BCUT2D eigenvalue weighted by molar-refractivity contribution is -0.140. The molecule has 1 aliphatic carbocycles. The molecule has 1 aromatic heterocycles. The van der Waals surface area contributed by atoms with Crippen molar-refractivity contribution in [2.45, 2.75) is 32.1 Å². The number of hydrogen-bond donors (Lipinski definition) is 1. The smallest absolute Gasteiger partial charge is 0.315 e. The van der Waals surface area contributed by atoms with E-state index in [2.05, 4.69) is 4.98 Å². The minimum absolute atomic E-state index is 0.630. The van der Waals surface area contributed by atoms with Crippen molar-refractivity contribution in [3.05, 3.63) is 15.6 Å². The molecule has 0 aliphatic heterocycles. The van der Waals surface area contributed by atoms with Crippen molar-refractivity contribution in [1.29, 1.82) is 0 Å². The van der Waals surface area contributed by atoms with Gasteiger partial charge in [-0.25, -0.2) is 4.98 Å². The highest BCUT2D eigenvalue weighted by molar-refractivity contribution is 7.11. The maximum Gasteiger partial charge on any atom is 0.315 e. The topological polar surface area (TPSA) is 50.2 Å². The van der Waals surface area contributed by atoms with Crippen molar-refractivity contribution in [3.63, 3.8) is 0 Å². The number of carboxylic acids is 1. The second-order valence-electron chi connectivity index (χ2n) is 3.52. The maximum atomic E-state index is 11.0.